The predicted octanol–water partition coefficient (Wildman–Crippen LogP) is 6.38. The van der Waals surface area contributed by atoms with Crippen LogP contribution in [0.2, 0.25) is 0 Å². The van der Waals surface area contributed by atoms with Gasteiger partial charge >= 0.3 is 0 Å². The molecule has 1 unspecified atom stereocenters. The van der Waals surface area contributed by atoms with Gasteiger partial charge in [-0.1, -0.05) is 17.7 Å². The molecule has 5 aromatic rings. The van der Waals surface area contributed by atoms with Gasteiger partial charge in [0.1, 0.15) is 26.8 Å². The van der Waals surface area contributed by atoms with Gasteiger partial charge in [-0.2, -0.15) is 0 Å². The molecule has 0 bridgehead atoms. The number of rotatable bonds is 5. The van der Waals surface area contributed by atoms with Crippen LogP contribution < -0.4 is 10.3 Å². The van der Waals surface area contributed by atoms with Gasteiger partial charge in [0.25, 0.3) is 5.56 Å². The highest BCUT2D eigenvalue weighted by Crippen LogP contribution is 2.39. The number of H-pyrrole nitrogens is 1. The number of nitrogens with zero attached hydrogens (tertiary/aromatic N) is 1. The minimum atomic E-state index is -3.40. The summed E-state index contributed by atoms with van der Waals surface area (Å²) in [5.74, 6) is -1.65. The number of hydrogen-bond acceptors (Lipinski definition) is 4. The Bertz CT molecular complexity index is 1790. The fourth-order valence-corrected chi connectivity index (χ4v) is 5.35. The van der Waals surface area contributed by atoms with Crippen molar-refractivity contribution in [3.05, 3.63) is 107 Å². The van der Waals surface area contributed by atoms with Crippen molar-refractivity contribution in [1.29, 1.82) is 4.78 Å². The van der Waals surface area contributed by atoms with Gasteiger partial charge < -0.3 is 14.3 Å². The molecular formula is C27H21F2N3O3S. The first-order chi connectivity index (χ1) is 17.1. The molecule has 0 radical (unpaired) electrons. The van der Waals surface area contributed by atoms with Gasteiger partial charge in [0.2, 0.25) is 0 Å². The summed E-state index contributed by atoms with van der Waals surface area (Å²) >= 11 is 0. The third-order valence-electron chi connectivity index (χ3n) is 5.93. The predicted molar refractivity (Wildman–Crippen MR) is 134 cm³/mol. The normalized spacial score (nSPS) is 13.0. The molecule has 0 saturated carbocycles. The fourth-order valence-electron chi connectivity index (χ4n) is 4.01. The highest BCUT2D eigenvalue weighted by Gasteiger charge is 2.21. The van der Waals surface area contributed by atoms with E-state index in [0.29, 0.717) is 33.0 Å². The third kappa shape index (κ3) is 4.07. The first-order valence-corrected chi connectivity index (χ1v) is 12.5. The number of aromatic amines is 1. The summed E-state index contributed by atoms with van der Waals surface area (Å²) in [5.41, 5.74) is 2.02. The number of pyridine rings is 1. The molecule has 5 rings (SSSR count). The fraction of sp³-hybridized carbons (Fsp3) is 0.0741. The third-order valence-corrected chi connectivity index (χ3v) is 7.79. The number of nitrogens with one attached hydrogen (secondary N) is 2. The second-order valence-corrected chi connectivity index (χ2v) is 10.5. The van der Waals surface area contributed by atoms with Gasteiger partial charge in [-0.25, -0.2) is 17.8 Å². The number of aryl methyl sites for hydroxylation is 2. The van der Waals surface area contributed by atoms with Crippen LogP contribution in [-0.4, -0.2) is 13.8 Å². The molecule has 2 aromatic heterocycles. The molecule has 0 aliphatic carbocycles. The number of ether oxygens (including phenoxy) is 1. The van der Waals surface area contributed by atoms with Gasteiger partial charge in [0.15, 0.2) is 11.6 Å². The summed E-state index contributed by atoms with van der Waals surface area (Å²) in [5, 5.41) is 0.575. The summed E-state index contributed by atoms with van der Waals surface area (Å²) < 4.78 is 57.5. The molecule has 6 nitrogen and oxygen atoms in total. The average molecular weight is 506 g/mol. The molecule has 182 valence electrons. The van der Waals surface area contributed by atoms with Crippen molar-refractivity contribution < 1.29 is 17.7 Å². The lowest BCUT2D eigenvalue weighted by Crippen LogP contribution is -2.16. The SMILES string of the molecule is Cc1ccc(S(=N)(=O)c2ccc(Oc3ccc(F)cc3F)c(-c3cn(C)c(=O)c4[nH]ccc34)c2)cc1. The van der Waals surface area contributed by atoms with Gasteiger partial charge in [-0.15, -0.1) is 0 Å². The van der Waals surface area contributed by atoms with Gasteiger partial charge in [0, 0.05) is 42.0 Å². The van der Waals surface area contributed by atoms with E-state index in [4.69, 9.17) is 9.52 Å². The summed E-state index contributed by atoms with van der Waals surface area (Å²) in [7, 11) is -1.81. The van der Waals surface area contributed by atoms with E-state index in [2.05, 4.69) is 4.98 Å². The Morgan fingerprint density at radius 2 is 1.61 bits per heavy atom. The van der Waals surface area contributed by atoms with Crippen molar-refractivity contribution in [3.8, 4) is 22.6 Å². The second kappa shape index (κ2) is 8.76. The minimum absolute atomic E-state index is 0.185. The molecule has 3 aromatic carbocycles. The Morgan fingerprint density at radius 1 is 0.917 bits per heavy atom. The van der Waals surface area contributed by atoms with E-state index >= 15 is 0 Å². The van der Waals surface area contributed by atoms with Crippen LogP contribution in [0.1, 0.15) is 5.56 Å². The van der Waals surface area contributed by atoms with E-state index < -0.39 is 21.4 Å². The largest absolute Gasteiger partial charge is 0.454 e. The van der Waals surface area contributed by atoms with Crippen molar-refractivity contribution in [3.63, 3.8) is 0 Å². The molecule has 0 fully saturated rings. The molecule has 0 aliphatic rings. The Labute approximate surface area is 205 Å². The van der Waals surface area contributed by atoms with Crippen molar-refractivity contribution in [1.82, 2.24) is 9.55 Å². The van der Waals surface area contributed by atoms with E-state index in [0.717, 1.165) is 11.6 Å². The molecular weight excluding hydrogens is 484 g/mol. The molecule has 0 aliphatic heterocycles. The molecule has 0 saturated heterocycles. The van der Waals surface area contributed by atoms with E-state index in [1.54, 1.807) is 55.8 Å². The molecule has 2 N–H and O–H groups in total. The van der Waals surface area contributed by atoms with Crippen molar-refractivity contribution >= 4 is 20.6 Å². The maximum Gasteiger partial charge on any atom is 0.274 e. The molecule has 0 amide bonds. The van der Waals surface area contributed by atoms with Gasteiger partial charge in [-0.3, -0.25) is 4.79 Å². The quantitative estimate of drug-likeness (QED) is 0.291. The first-order valence-electron chi connectivity index (χ1n) is 10.9. The maximum absolute atomic E-state index is 14.4. The van der Waals surface area contributed by atoms with Crippen LogP contribution in [0.5, 0.6) is 11.5 Å². The zero-order valence-corrected chi connectivity index (χ0v) is 20.2. The molecule has 36 heavy (non-hydrogen) atoms. The number of aromatic nitrogens is 2. The van der Waals surface area contributed by atoms with Crippen LogP contribution in [0.4, 0.5) is 8.78 Å². The van der Waals surface area contributed by atoms with E-state index in [1.165, 1.54) is 22.8 Å². The number of fused-ring (bicyclic) bond motifs is 1. The van der Waals surface area contributed by atoms with E-state index in [9.17, 15) is 17.8 Å². The zero-order chi connectivity index (χ0) is 25.6. The molecule has 0 spiro atoms. The smallest absolute Gasteiger partial charge is 0.274 e. The van der Waals surface area contributed by atoms with E-state index in [1.807, 2.05) is 6.92 Å². The summed E-state index contributed by atoms with van der Waals surface area (Å²) in [6.45, 7) is 1.90. The van der Waals surface area contributed by atoms with Crippen LogP contribution in [0.15, 0.2) is 93.7 Å². The van der Waals surface area contributed by atoms with Gasteiger partial charge in [-0.05, 0) is 55.5 Å². The maximum atomic E-state index is 14.4. The van der Waals surface area contributed by atoms with Crippen molar-refractivity contribution in [2.45, 2.75) is 16.7 Å². The van der Waals surface area contributed by atoms with E-state index in [-0.39, 0.29) is 22.0 Å². The Kier molecular flexibility index (Phi) is 5.72. The average Bonchev–Trinajstić information content (AvgIpc) is 3.34. The summed E-state index contributed by atoms with van der Waals surface area (Å²) in [6.07, 6.45) is 3.22. The number of benzene rings is 3. The Balaban J connectivity index is 1.74. The highest BCUT2D eigenvalue weighted by atomic mass is 32.2. The monoisotopic (exact) mass is 505 g/mol. The van der Waals surface area contributed by atoms with Crippen molar-refractivity contribution in [2.24, 2.45) is 7.05 Å². The second-order valence-electron chi connectivity index (χ2n) is 8.43. The Morgan fingerprint density at radius 3 is 2.33 bits per heavy atom. The summed E-state index contributed by atoms with van der Waals surface area (Å²) in [4.78, 5) is 16.1. The molecule has 1 atom stereocenters. The van der Waals surface area contributed by atoms with Gasteiger partial charge in [0.05, 0.1) is 9.79 Å². The Hall–Kier alpha value is -4.24. The summed E-state index contributed by atoms with van der Waals surface area (Å²) in [6, 6.07) is 16.1. The van der Waals surface area contributed by atoms with Crippen LogP contribution in [0.25, 0.3) is 22.0 Å². The van der Waals surface area contributed by atoms with Crippen molar-refractivity contribution in [2.75, 3.05) is 0 Å². The number of halogens is 2. The zero-order valence-electron chi connectivity index (χ0n) is 19.3. The number of hydrogen-bond donors (Lipinski definition) is 2. The van der Waals surface area contributed by atoms with Crippen LogP contribution >= 0.6 is 0 Å². The first kappa shape index (κ1) is 23.5. The topological polar surface area (TPSA) is 87.9 Å². The lowest BCUT2D eigenvalue weighted by atomic mass is 10.0. The lowest BCUT2D eigenvalue weighted by molar-refractivity contribution is 0.438. The molecule has 9 heteroatoms. The standard InChI is InChI=1S/C27H21F2N3O3S/c1-16-3-6-18(7-4-16)36(30,34)19-8-10-24(35-25-9-5-17(28)13-23(25)29)21(14-19)22-15-32(2)27(33)26-20(22)11-12-31-26/h3-15,30-31H,1-2H3. The van der Waals surface area contributed by atoms with Crippen LogP contribution in [-0.2, 0) is 16.8 Å². The lowest BCUT2D eigenvalue weighted by Gasteiger charge is -2.16. The van der Waals surface area contributed by atoms with Crippen LogP contribution in [0, 0.1) is 23.3 Å². The molecule has 2 heterocycles. The minimum Gasteiger partial charge on any atom is -0.454 e. The van der Waals surface area contributed by atoms with Crippen LogP contribution in [0.3, 0.4) is 0 Å². The highest BCUT2D eigenvalue weighted by molar-refractivity contribution is 7.92.